The van der Waals surface area contributed by atoms with Gasteiger partial charge in [0.25, 0.3) is 0 Å². The molecule has 0 spiro atoms. The van der Waals surface area contributed by atoms with Crippen molar-refractivity contribution in [3.8, 4) is 5.75 Å². The van der Waals surface area contributed by atoms with E-state index in [-0.39, 0.29) is 23.7 Å². The summed E-state index contributed by atoms with van der Waals surface area (Å²) in [7, 11) is 0. The Labute approximate surface area is 176 Å². The van der Waals surface area contributed by atoms with E-state index in [4.69, 9.17) is 14.6 Å². The van der Waals surface area contributed by atoms with Crippen LogP contribution in [0.5, 0.6) is 5.75 Å². The van der Waals surface area contributed by atoms with E-state index in [1.807, 2.05) is 11.8 Å². The molecule has 0 radical (unpaired) electrons. The van der Waals surface area contributed by atoms with Crippen LogP contribution in [-0.2, 0) is 16.0 Å². The minimum Gasteiger partial charge on any atom is -0.493 e. The first-order chi connectivity index (χ1) is 14.3. The number of hydrogen-bond acceptors (Lipinski definition) is 4. The monoisotopic (exact) mass is 419 g/mol. The van der Waals surface area contributed by atoms with Crippen molar-refractivity contribution in [1.82, 2.24) is 4.90 Å². The summed E-state index contributed by atoms with van der Waals surface area (Å²) in [4.78, 5) is 24.8. The number of nitrogens with zero attached hydrogens (tertiary/aromatic N) is 1. The van der Waals surface area contributed by atoms with Crippen LogP contribution in [0.1, 0.15) is 51.0 Å². The minimum atomic E-state index is -1.05. The van der Waals surface area contributed by atoms with Gasteiger partial charge in [0.2, 0.25) is 0 Å². The molecule has 4 rings (SSSR count). The van der Waals surface area contributed by atoms with Crippen molar-refractivity contribution >= 4 is 12.1 Å². The summed E-state index contributed by atoms with van der Waals surface area (Å²) in [6, 6.07) is 4.36. The zero-order chi connectivity index (χ0) is 21.3. The molecule has 6 nitrogen and oxygen atoms in total. The number of carboxylic acids is 1. The number of carbonyl (C=O) groups is 2. The van der Waals surface area contributed by atoms with Gasteiger partial charge in [-0.05, 0) is 74.8 Å². The summed E-state index contributed by atoms with van der Waals surface area (Å²) in [6.45, 7) is 4.08. The van der Waals surface area contributed by atoms with Crippen LogP contribution in [0.3, 0.4) is 0 Å². The number of carboxylic acid groups (broad SMARTS) is 1. The predicted octanol–water partition coefficient (Wildman–Crippen LogP) is 4.26. The van der Waals surface area contributed by atoms with Crippen molar-refractivity contribution in [3.63, 3.8) is 0 Å². The van der Waals surface area contributed by atoms with Crippen molar-refractivity contribution in [2.45, 2.75) is 57.5 Å². The summed E-state index contributed by atoms with van der Waals surface area (Å²) in [5.74, 6) is 0.832. The highest BCUT2D eigenvalue weighted by Gasteiger charge is 2.45. The second-order valence-corrected chi connectivity index (χ2v) is 9.26. The first kappa shape index (κ1) is 20.9. The van der Waals surface area contributed by atoms with Crippen LogP contribution in [0.2, 0.25) is 0 Å². The molecule has 1 aromatic rings. The van der Waals surface area contributed by atoms with Crippen LogP contribution in [0.4, 0.5) is 9.18 Å². The van der Waals surface area contributed by atoms with Gasteiger partial charge in [-0.2, -0.15) is 0 Å². The standard InChI is InChI=1S/C23H30FNO5/c1-23(7-8-23)30-22(28)25-9-4-15(5-10-25)19-12-16(19)6-11-29-18-3-2-17(13-21(26)27)20(24)14-18/h2-3,14-16,19H,4-13H2,1H3,(H,26,27)/t16-,19-/m1/s1. The Morgan fingerprint density at radius 3 is 2.63 bits per heavy atom. The molecule has 1 heterocycles. The minimum absolute atomic E-state index is 0.157. The summed E-state index contributed by atoms with van der Waals surface area (Å²) < 4.78 is 25.2. The zero-order valence-electron chi connectivity index (χ0n) is 17.4. The fourth-order valence-electron chi connectivity index (χ4n) is 4.50. The number of benzene rings is 1. The number of piperidine rings is 1. The van der Waals surface area contributed by atoms with Crippen molar-refractivity contribution < 1.29 is 28.6 Å². The maximum absolute atomic E-state index is 13.9. The maximum atomic E-state index is 13.9. The van der Waals surface area contributed by atoms with E-state index in [1.165, 1.54) is 18.6 Å². The molecular formula is C23H30FNO5. The van der Waals surface area contributed by atoms with E-state index in [9.17, 15) is 14.0 Å². The van der Waals surface area contributed by atoms with Gasteiger partial charge in [-0.15, -0.1) is 0 Å². The quantitative estimate of drug-likeness (QED) is 0.681. The number of hydrogen-bond donors (Lipinski definition) is 1. The van der Waals surface area contributed by atoms with Crippen molar-refractivity contribution in [1.29, 1.82) is 0 Å². The maximum Gasteiger partial charge on any atom is 0.410 e. The second-order valence-electron chi connectivity index (χ2n) is 9.26. The number of likely N-dealkylation sites (tertiary alicyclic amines) is 1. The molecule has 1 amide bonds. The molecule has 2 aliphatic carbocycles. The Hall–Kier alpha value is -2.31. The smallest absolute Gasteiger partial charge is 0.410 e. The fraction of sp³-hybridized carbons (Fsp3) is 0.652. The van der Waals surface area contributed by atoms with Gasteiger partial charge in [-0.1, -0.05) is 6.07 Å². The van der Waals surface area contributed by atoms with Crippen molar-refractivity contribution in [2.24, 2.45) is 17.8 Å². The van der Waals surface area contributed by atoms with Gasteiger partial charge in [0, 0.05) is 19.2 Å². The van der Waals surface area contributed by atoms with E-state index in [0.29, 0.717) is 30.1 Å². The predicted molar refractivity (Wildman–Crippen MR) is 108 cm³/mol. The number of amides is 1. The largest absolute Gasteiger partial charge is 0.493 e. The molecule has 1 aliphatic heterocycles. The fourth-order valence-corrected chi connectivity index (χ4v) is 4.50. The highest BCUT2D eigenvalue weighted by molar-refractivity contribution is 5.70. The van der Waals surface area contributed by atoms with Crippen LogP contribution >= 0.6 is 0 Å². The van der Waals surface area contributed by atoms with Crippen molar-refractivity contribution in [3.05, 3.63) is 29.6 Å². The topological polar surface area (TPSA) is 76.1 Å². The molecule has 164 valence electrons. The summed E-state index contributed by atoms with van der Waals surface area (Å²) in [6.07, 6.45) is 5.66. The zero-order valence-corrected chi connectivity index (χ0v) is 17.4. The summed E-state index contributed by atoms with van der Waals surface area (Å²) >= 11 is 0. The molecule has 1 aromatic carbocycles. The van der Waals surface area contributed by atoms with Gasteiger partial charge in [0.05, 0.1) is 13.0 Å². The molecule has 1 N–H and O–H groups in total. The van der Waals surface area contributed by atoms with E-state index in [2.05, 4.69) is 0 Å². The molecule has 0 aromatic heterocycles. The third-order valence-corrected chi connectivity index (χ3v) is 6.79. The average Bonchev–Trinajstić information content (AvgIpc) is 3.62. The number of carbonyl (C=O) groups excluding carboxylic acids is 1. The molecule has 3 fully saturated rings. The Balaban J connectivity index is 1.14. The molecule has 3 aliphatic rings. The number of aliphatic carboxylic acids is 1. The van der Waals surface area contributed by atoms with Gasteiger partial charge in [-0.25, -0.2) is 9.18 Å². The first-order valence-electron chi connectivity index (χ1n) is 10.9. The Morgan fingerprint density at radius 1 is 1.27 bits per heavy atom. The van der Waals surface area contributed by atoms with Crippen LogP contribution in [0.25, 0.3) is 0 Å². The van der Waals surface area contributed by atoms with Gasteiger partial charge < -0.3 is 19.5 Å². The molecule has 2 atom stereocenters. The Morgan fingerprint density at radius 2 is 2.00 bits per heavy atom. The molecule has 0 unspecified atom stereocenters. The van der Waals surface area contributed by atoms with E-state index in [0.717, 1.165) is 45.2 Å². The molecule has 1 saturated heterocycles. The second kappa shape index (κ2) is 8.44. The van der Waals surface area contributed by atoms with Crippen LogP contribution in [0.15, 0.2) is 18.2 Å². The normalized spacial score (nSPS) is 24.9. The highest BCUT2D eigenvalue weighted by Crippen LogP contribution is 2.50. The lowest BCUT2D eigenvalue weighted by atomic mass is 9.91. The SMILES string of the molecule is CC1(OC(=O)N2CCC([C@H]3C[C@H]3CCOc3ccc(CC(=O)O)c(F)c3)CC2)CC1. The number of halogens is 1. The van der Waals surface area contributed by atoms with E-state index >= 15 is 0 Å². The van der Waals surface area contributed by atoms with Gasteiger partial charge in [0.1, 0.15) is 17.2 Å². The molecular weight excluding hydrogens is 389 g/mol. The molecule has 2 saturated carbocycles. The third-order valence-electron chi connectivity index (χ3n) is 6.79. The molecule has 0 bridgehead atoms. The average molecular weight is 419 g/mol. The number of rotatable bonds is 8. The Bertz CT molecular complexity index is 801. The van der Waals surface area contributed by atoms with Crippen LogP contribution in [-0.4, -0.2) is 47.4 Å². The highest BCUT2D eigenvalue weighted by atomic mass is 19.1. The molecule has 7 heteroatoms. The lowest BCUT2D eigenvalue weighted by Gasteiger charge is -2.32. The summed E-state index contributed by atoms with van der Waals surface area (Å²) in [5, 5.41) is 8.77. The lowest BCUT2D eigenvalue weighted by Crippen LogP contribution is -2.40. The van der Waals surface area contributed by atoms with E-state index < -0.39 is 11.8 Å². The van der Waals surface area contributed by atoms with E-state index in [1.54, 1.807) is 6.07 Å². The molecule has 30 heavy (non-hydrogen) atoms. The van der Waals surface area contributed by atoms with Crippen LogP contribution in [0, 0.1) is 23.6 Å². The van der Waals surface area contributed by atoms with Gasteiger partial charge in [0.15, 0.2) is 0 Å². The summed E-state index contributed by atoms with van der Waals surface area (Å²) in [5.41, 5.74) is -0.0479. The van der Waals surface area contributed by atoms with Crippen LogP contribution < -0.4 is 4.74 Å². The first-order valence-corrected chi connectivity index (χ1v) is 10.9. The van der Waals surface area contributed by atoms with Gasteiger partial charge in [-0.3, -0.25) is 4.79 Å². The van der Waals surface area contributed by atoms with Crippen molar-refractivity contribution in [2.75, 3.05) is 19.7 Å². The number of ether oxygens (including phenoxy) is 2. The van der Waals surface area contributed by atoms with Gasteiger partial charge >= 0.3 is 12.1 Å². The third kappa shape index (κ3) is 5.24. The Kier molecular flexibility index (Phi) is 5.89. The lowest BCUT2D eigenvalue weighted by molar-refractivity contribution is -0.136.